The fourth-order valence-corrected chi connectivity index (χ4v) is 2.36. The van der Waals surface area contributed by atoms with Crippen LogP contribution in [0.15, 0.2) is 60.8 Å². The van der Waals surface area contributed by atoms with Crippen LogP contribution in [0.2, 0.25) is 0 Å². The molecule has 2 aromatic carbocycles. The van der Waals surface area contributed by atoms with E-state index >= 15 is 0 Å². The lowest BCUT2D eigenvalue weighted by atomic mass is 10.1. The minimum Gasteiger partial charge on any atom is -0.497 e. The molecule has 0 spiro atoms. The molecule has 0 saturated carbocycles. The zero-order valence-electron chi connectivity index (χ0n) is 13.9. The van der Waals surface area contributed by atoms with Crippen molar-refractivity contribution in [2.24, 2.45) is 0 Å². The topological polar surface area (TPSA) is 59.1 Å². The second-order valence-electron chi connectivity index (χ2n) is 5.40. The van der Waals surface area contributed by atoms with E-state index < -0.39 is 0 Å². The number of rotatable bonds is 7. The molecule has 1 heterocycles. The van der Waals surface area contributed by atoms with Gasteiger partial charge < -0.3 is 15.4 Å². The molecule has 0 saturated heterocycles. The van der Waals surface area contributed by atoms with Gasteiger partial charge in [0.05, 0.1) is 12.8 Å². The number of nitrogens with one attached hydrogen (secondary N) is 2. The summed E-state index contributed by atoms with van der Waals surface area (Å²) in [5, 5.41) is 6.13. The van der Waals surface area contributed by atoms with Gasteiger partial charge in [-0.2, -0.15) is 4.98 Å². The lowest BCUT2D eigenvalue weighted by molar-refractivity contribution is 0.414. The molecule has 1 aromatic heterocycles. The van der Waals surface area contributed by atoms with Crippen molar-refractivity contribution in [2.75, 3.05) is 24.3 Å². The first kappa shape index (κ1) is 16.7. The van der Waals surface area contributed by atoms with E-state index in [-0.39, 0.29) is 5.82 Å². The predicted octanol–water partition coefficient (Wildman–Crippen LogP) is 4.02. The van der Waals surface area contributed by atoms with Gasteiger partial charge in [0.15, 0.2) is 0 Å². The van der Waals surface area contributed by atoms with Crippen molar-refractivity contribution >= 4 is 17.5 Å². The van der Waals surface area contributed by atoms with Crippen molar-refractivity contribution in [3.8, 4) is 5.75 Å². The van der Waals surface area contributed by atoms with Crippen molar-refractivity contribution in [2.45, 2.75) is 6.42 Å². The zero-order valence-corrected chi connectivity index (χ0v) is 13.9. The Labute approximate surface area is 145 Å². The summed E-state index contributed by atoms with van der Waals surface area (Å²) in [6.07, 6.45) is 2.46. The molecule has 0 bridgehead atoms. The highest BCUT2D eigenvalue weighted by Gasteiger charge is 2.04. The third-order valence-electron chi connectivity index (χ3n) is 3.63. The Kier molecular flexibility index (Phi) is 5.41. The Bertz CT molecular complexity index is 841. The van der Waals surface area contributed by atoms with E-state index in [0.717, 1.165) is 12.2 Å². The Morgan fingerprint density at radius 3 is 2.80 bits per heavy atom. The lowest BCUT2D eigenvalue weighted by Crippen LogP contribution is -2.08. The van der Waals surface area contributed by atoms with Crippen molar-refractivity contribution < 1.29 is 9.13 Å². The van der Waals surface area contributed by atoms with Gasteiger partial charge in [0.25, 0.3) is 0 Å². The summed E-state index contributed by atoms with van der Waals surface area (Å²) in [6.45, 7) is 0.712. The first-order chi connectivity index (χ1) is 12.2. The highest BCUT2D eigenvalue weighted by molar-refractivity contribution is 5.55. The first-order valence-electron chi connectivity index (χ1n) is 7.96. The molecule has 0 aliphatic heterocycles. The van der Waals surface area contributed by atoms with Crippen molar-refractivity contribution in [1.29, 1.82) is 0 Å². The van der Waals surface area contributed by atoms with Crippen LogP contribution in [-0.4, -0.2) is 23.6 Å². The molecule has 0 aliphatic rings. The Morgan fingerprint density at radius 1 is 1.08 bits per heavy atom. The van der Waals surface area contributed by atoms with Gasteiger partial charge >= 0.3 is 0 Å². The second kappa shape index (κ2) is 8.10. The molecule has 0 atom stereocenters. The highest BCUT2D eigenvalue weighted by Crippen LogP contribution is 2.17. The minimum absolute atomic E-state index is 0.344. The second-order valence-corrected chi connectivity index (χ2v) is 5.40. The summed E-state index contributed by atoms with van der Waals surface area (Å²) in [5.74, 6) is 1.52. The van der Waals surface area contributed by atoms with E-state index in [1.165, 1.54) is 11.6 Å². The van der Waals surface area contributed by atoms with Crippen LogP contribution in [0.5, 0.6) is 5.75 Å². The van der Waals surface area contributed by atoms with Gasteiger partial charge in [-0.15, -0.1) is 0 Å². The van der Waals surface area contributed by atoms with E-state index in [1.54, 1.807) is 37.6 Å². The number of nitrogens with zero attached hydrogens (tertiary/aromatic N) is 2. The van der Waals surface area contributed by atoms with Crippen LogP contribution in [-0.2, 0) is 6.42 Å². The third kappa shape index (κ3) is 4.67. The number of aromatic nitrogens is 2. The van der Waals surface area contributed by atoms with Crippen LogP contribution < -0.4 is 15.4 Å². The summed E-state index contributed by atoms with van der Waals surface area (Å²) in [5.41, 5.74) is 1.52. The molecule has 25 heavy (non-hydrogen) atoms. The maximum absolute atomic E-state index is 13.7. The van der Waals surface area contributed by atoms with Crippen LogP contribution in [0, 0.1) is 5.82 Å². The highest BCUT2D eigenvalue weighted by atomic mass is 19.1. The summed E-state index contributed by atoms with van der Waals surface area (Å²) in [4.78, 5) is 8.47. The predicted molar refractivity (Wildman–Crippen MR) is 96.9 cm³/mol. The van der Waals surface area contributed by atoms with Crippen LogP contribution in [0.3, 0.4) is 0 Å². The molecular weight excluding hydrogens is 319 g/mol. The van der Waals surface area contributed by atoms with Crippen molar-refractivity contribution in [1.82, 2.24) is 9.97 Å². The van der Waals surface area contributed by atoms with Gasteiger partial charge in [-0.05, 0) is 42.3 Å². The SMILES string of the molecule is COc1cccc(CCNc2ccnc(Nc3ccccc3F)n2)c1. The molecular formula is C19H19FN4O. The molecule has 3 aromatic rings. The number of anilines is 3. The molecule has 3 rings (SSSR count). The number of hydrogen-bond acceptors (Lipinski definition) is 5. The average molecular weight is 338 g/mol. The molecule has 0 unspecified atom stereocenters. The van der Waals surface area contributed by atoms with E-state index in [0.29, 0.717) is 24.0 Å². The molecule has 2 N–H and O–H groups in total. The van der Waals surface area contributed by atoms with Crippen LogP contribution in [0.1, 0.15) is 5.56 Å². The maximum atomic E-state index is 13.7. The number of para-hydroxylation sites is 1. The average Bonchev–Trinajstić information content (AvgIpc) is 2.64. The third-order valence-corrected chi connectivity index (χ3v) is 3.63. The number of hydrogen-bond donors (Lipinski definition) is 2. The van der Waals surface area contributed by atoms with Crippen molar-refractivity contribution in [3.63, 3.8) is 0 Å². The molecule has 5 nitrogen and oxygen atoms in total. The lowest BCUT2D eigenvalue weighted by Gasteiger charge is -2.09. The molecule has 0 aliphatic carbocycles. The molecule has 6 heteroatoms. The van der Waals surface area contributed by atoms with E-state index in [1.807, 2.05) is 18.2 Å². The Balaban J connectivity index is 1.59. The number of benzene rings is 2. The standard InChI is InChI=1S/C19H19FN4O/c1-25-15-6-4-5-14(13-15)9-11-21-18-10-12-22-19(24-18)23-17-8-3-2-7-16(17)20/h2-8,10,12-13H,9,11H2,1H3,(H2,21,22,23,24). The molecule has 0 radical (unpaired) electrons. The first-order valence-corrected chi connectivity index (χ1v) is 7.96. The van der Waals surface area contributed by atoms with Gasteiger partial charge in [0.2, 0.25) is 5.95 Å². The summed E-state index contributed by atoms with van der Waals surface area (Å²) >= 11 is 0. The van der Waals surface area contributed by atoms with Gasteiger partial charge in [-0.3, -0.25) is 0 Å². The number of ether oxygens (including phenoxy) is 1. The van der Waals surface area contributed by atoms with Gasteiger partial charge in [0.1, 0.15) is 17.4 Å². The van der Waals surface area contributed by atoms with E-state index in [2.05, 4.69) is 26.7 Å². The maximum Gasteiger partial charge on any atom is 0.229 e. The number of methoxy groups -OCH3 is 1. The van der Waals surface area contributed by atoms with Gasteiger partial charge in [0, 0.05) is 12.7 Å². The minimum atomic E-state index is -0.345. The van der Waals surface area contributed by atoms with Gasteiger partial charge in [-0.1, -0.05) is 24.3 Å². The van der Waals surface area contributed by atoms with Gasteiger partial charge in [-0.25, -0.2) is 9.37 Å². The summed E-state index contributed by atoms with van der Waals surface area (Å²) < 4.78 is 18.9. The Hall–Kier alpha value is -3.15. The largest absolute Gasteiger partial charge is 0.497 e. The van der Waals surface area contributed by atoms with Crippen LogP contribution in [0.4, 0.5) is 21.8 Å². The number of halogens is 1. The van der Waals surface area contributed by atoms with Crippen molar-refractivity contribution in [3.05, 3.63) is 72.2 Å². The quantitative estimate of drug-likeness (QED) is 0.681. The van der Waals surface area contributed by atoms with Crippen LogP contribution in [0.25, 0.3) is 0 Å². The fourth-order valence-electron chi connectivity index (χ4n) is 2.36. The smallest absolute Gasteiger partial charge is 0.229 e. The molecule has 0 fully saturated rings. The fraction of sp³-hybridized carbons (Fsp3) is 0.158. The summed E-state index contributed by atoms with van der Waals surface area (Å²) in [6, 6.07) is 16.1. The monoisotopic (exact) mass is 338 g/mol. The Morgan fingerprint density at radius 2 is 1.96 bits per heavy atom. The summed E-state index contributed by atoms with van der Waals surface area (Å²) in [7, 11) is 1.66. The van der Waals surface area contributed by atoms with Crippen LogP contribution >= 0.6 is 0 Å². The van der Waals surface area contributed by atoms with E-state index in [9.17, 15) is 4.39 Å². The zero-order chi connectivity index (χ0) is 17.5. The normalized spacial score (nSPS) is 10.3. The molecule has 0 amide bonds. The van der Waals surface area contributed by atoms with E-state index in [4.69, 9.17) is 4.74 Å². The molecule has 128 valence electrons.